The van der Waals surface area contributed by atoms with Crippen molar-refractivity contribution >= 4 is 21.9 Å². The van der Waals surface area contributed by atoms with Gasteiger partial charge in [-0.1, -0.05) is 6.92 Å². The van der Waals surface area contributed by atoms with Gasteiger partial charge in [-0.15, -0.1) is 0 Å². The first-order valence-electron chi connectivity index (χ1n) is 7.67. The highest BCUT2D eigenvalue weighted by molar-refractivity contribution is 7.90. The van der Waals surface area contributed by atoms with Crippen molar-refractivity contribution in [3.63, 3.8) is 0 Å². The van der Waals surface area contributed by atoms with E-state index in [1.54, 1.807) is 0 Å². The maximum atomic E-state index is 12.3. The molecule has 0 aliphatic heterocycles. The van der Waals surface area contributed by atoms with Crippen LogP contribution in [0.25, 0.3) is 0 Å². The highest BCUT2D eigenvalue weighted by atomic mass is 32.2. The molecule has 9 heteroatoms. The average molecular weight is 341 g/mol. The Morgan fingerprint density at radius 1 is 1.39 bits per heavy atom. The average Bonchev–Trinajstić information content (AvgIpc) is 3.35. The molecule has 2 aliphatic carbocycles. The molecule has 0 spiro atoms. The van der Waals surface area contributed by atoms with Gasteiger partial charge in [0.25, 0.3) is 10.0 Å². The number of carboxylic acid groups (broad SMARTS) is 1. The molecule has 2 atom stereocenters. The summed E-state index contributed by atoms with van der Waals surface area (Å²) in [5.41, 5.74) is 0. The molecular weight excluding hydrogens is 322 g/mol. The standard InChI is InChI=1S/C14H19N3O5S/c1-2-11-15-12(7-17(11)6-8-3-4-8)23(21,22)16-13(18)9-5-10(9)14(19)20/h7-10H,2-6H2,1H3,(H,16,18)(H,19,20)/t9-,10-/m1/s1. The van der Waals surface area contributed by atoms with E-state index in [-0.39, 0.29) is 11.4 Å². The summed E-state index contributed by atoms with van der Waals surface area (Å²) < 4.78 is 28.3. The molecule has 3 rings (SSSR count). The minimum atomic E-state index is -4.07. The molecule has 2 fully saturated rings. The predicted octanol–water partition coefficient (Wildman–Crippen LogP) is 0.381. The smallest absolute Gasteiger partial charge is 0.307 e. The molecule has 23 heavy (non-hydrogen) atoms. The molecule has 1 aromatic heterocycles. The first-order valence-corrected chi connectivity index (χ1v) is 9.15. The molecule has 2 aliphatic rings. The Hall–Kier alpha value is -1.90. The maximum absolute atomic E-state index is 12.3. The zero-order chi connectivity index (χ0) is 16.8. The lowest BCUT2D eigenvalue weighted by atomic mass is 10.3. The number of carboxylic acids is 1. The Morgan fingerprint density at radius 2 is 2.09 bits per heavy atom. The number of carbonyl (C=O) groups excluding carboxylic acids is 1. The molecule has 1 heterocycles. The van der Waals surface area contributed by atoms with Crippen molar-refractivity contribution in [3.05, 3.63) is 12.0 Å². The van der Waals surface area contributed by atoms with Crippen LogP contribution in [-0.2, 0) is 32.6 Å². The fraction of sp³-hybridized carbons (Fsp3) is 0.643. The zero-order valence-electron chi connectivity index (χ0n) is 12.7. The van der Waals surface area contributed by atoms with Crippen LogP contribution in [0.15, 0.2) is 11.2 Å². The number of aliphatic carboxylic acids is 1. The Bertz CT molecular complexity index is 750. The second-order valence-electron chi connectivity index (χ2n) is 6.20. The highest BCUT2D eigenvalue weighted by Gasteiger charge is 2.49. The number of imidazole rings is 1. The monoisotopic (exact) mass is 341 g/mol. The normalized spacial score (nSPS) is 23.5. The van der Waals surface area contributed by atoms with Gasteiger partial charge in [0.1, 0.15) is 5.82 Å². The van der Waals surface area contributed by atoms with Crippen LogP contribution in [0.2, 0.25) is 0 Å². The van der Waals surface area contributed by atoms with Crippen LogP contribution in [0.4, 0.5) is 0 Å². The highest BCUT2D eigenvalue weighted by Crippen LogP contribution is 2.39. The molecule has 0 aromatic carbocycles. The first kappa shape index (κ1) is 16.0. The summed E-state index contributed by atoms with van der Waals surface area (Å²) in [7, 11) is -4.07. The van der Waals surface area contributed by atoms with Crippen molar-refractivity contribution in [2.75, 3.05) is 0 Å². The summed E-state index contributed by atoms with van der Waals surface area (Å²) >= 11 is 0. The molecule has 126 valence electrons. The van der Waals surface area contributed by atoms with Gasteiger partial charge in [-0.05, 0) is 25.2 Å². The Balaban J connectivity index is 1.73. The third-order valence-electron chi connectivity index (χ3n) is 4.26. The van der Waals surface area contributed by atoms with E-state index in [1.165, 1.54) is 6.20 Å². The molecule has 0 bridgehead atoms. The van der Waals surface area contributed by atoms with Crippen molar-refractivity contribution in [1.29, 1.82) is 0 Å². The minimum absolute atomic E-state index is 0.174. The number of rotatable bonds is 7. The Morgan fingerprint density at radius 3 is 2.61 bits per heavy atom. The summed E-state index contributed by atoms with van der Waals surface area (Å²) in [6, 6.07) is 0. The fourth-order valence-electron chi connectivity index (χ4n) is 2.59. The topological polar surface area (TPSA) is 118 Å². The SMILES string of the molecule is CCc1nc(S(=O)(=O)NC(=O)[C@@H]2C[C@H]2C(=O)O)cn1CC1CC1. The Labute approximate surface area is 134 Å². The van der Waals surface area contributed by atoms with Crippen molar-refractivity contribution in [1.82, 2.24) is 14.3 Å². The number of hydrogen-bond acceptors (Lipinski definition) is 5. The quantitative estimate of drug-likeness (QED) is 0.740. The van der Waals surface area contributed by atoms with Crippen LogP contribution < -0.4 is 4.72 Å². The number of nitrogens with zero attached hydrogens (tertiary/aromatic N) is 2. The van der Waals surface area contributed by atoms with E-state index < -0.39 is 33.7 Å². The first-order chi connectivity index (χ1) is 10.8. The molecule has 8 nitrogen and oxygen atoms in total. The van der Waals surface area contributed by atoms with E-state index in [0.29, 0.717) is 18.2 Å². The lowest BCUT2D eigenvalue weighted by molar-refractivity contribution is -0.140. The number of aromatic nitrogens is 2. The minimum Gasteiger partial charge on any atom is -0.481 e. The predicted molar refractivity (Wildman–Crippen MR) is 78.9 cm³/mol. The van der Waals surface area contributed by atoms with E-state index in [0.717, 1.165) is 19.4 Å². The van der Waals surface area contributed by atoms with Crippen LogP contribution in [-0.4, -0.2) is 35.0 Å². The molecule has 2 N–H and O–H groups in total. The van der Waals surface area contributed by atoms with Crippen molar-refractivity contribution in [2.45, 2.75) is 44.2 Å². The number of sulfonamides is 1. The molecular formula is C14H19N3O5S. The second kappa shape index (κ2) is 5.63. The van der Waals surface area contributed by atoms with Gasteiger partial charge >= 0.3 is 5.97 Å². The molecule has 1 amide bonds. The maximum Gasteiger partial charge on any atom is 0.307 e. The van der Waals surface area contributed by atoms with E-state index in [4.69, 9.17) is 5.11 Å². The van der Waals surface area contributed by atoms with Crippen LogP contribution >= 0.6 is 0 Å². The van der Waals surface area contributed by atoms with Crippen molar-refractivity contribution < 1.29 is 23.1 Å². The van der Waals surface area contributed by atoms with Crippen molar-refractivity contribution in [2.24, 2.45) is 17.8 Å². The van der Waals surface area contributed by atoms with Gasteiger partial charge < -0.3 is 9.67 Å². The largest absolute Gasteiger partial charge is 0.481 e. The van der Waals surface area contributed by atoms with Gasteiger partial charge in [0.2, 0.25) is 5.91 Å². The van der Waals surface area contributed by atoms with Gasteiger partial charge in [0, 0.05) is 19.2 Å². The van der Waals surface area contributed by atoms with Crippen LogP contribution in [0.5, 0.6) is 0 Å². The number of nitrogens with one attached hydrogen (secondary N) is 1. The second-order valence-corrected chi connectivity index (χ2v) is 7.83. The number of carbonyl (C=O) groups is 2. The lowest BCUT2D eigenvalue weighted by Gasteiger charge is -2.04. The molecule has 2 saturated carbocycles. The summed E-state index contributed by atoms with van der Waals surface area (Å²) in [5.74, 6) is -2.18. The third kappa shape index (κ3) is 3.39. The number of amides is 1. The number of aryl methyl sites for hydroxylation is 1. The molecule has 0 radical (unpaired) electrons. The Kier molecular flexibility index (Phi) is 3.91. The van der Waals surface area contributed by atoms with Gasteiger partial charge in [-0.2, -0.15) is 8.42 Å². The van der Waals surface area contributed by atoms with Gasteiger partial charge in [-0.25, -0.2) is 9.71 Å². The molecule has 0 saturated heterocycles. The van der Waals surface area contributed by atoms with Crippen molar-refractivity contribution in [3.8, 4) is 0 Å². The summed E-state index contributed by atoms with van der Waals surface area (Å²) in [4.78, 5) is 26.7. The summed E-state index contributed by atoms with van der Waals surface area (Å²) in [6.45, 7) is 2.63. The van der Waals surface area contributed by atoms with E-state index in [9.17, 15) is 18.0 Å². The van der Waals surface area contributed by atoms with E-state index in [2.05, 4.69) is 4.98 Å². The fourth-order valence-corrected chi connectivity index (χ4v) is 3.61. The van der Waals surface area contributed by atoms with E-state index in [1.807, 2.05) is 16.2 Å². The summed E-state index contributed by atoms with van der Waals surface area (Å²) in [5, 5.41) is 8.62. The van der Waals surface area contributed by atoms with Crippen LogP contribution in [0.3, 0.4) is 0 Å². The molecule has 0 unspecified atom stereocenters. The molecule has 1 aromatic rings. The summed E-state index contributed by atoms with van der Waals surface area (Å²) in [6.07, 6.45) is 4.50. The van der Waals surface area contributed by atoms with Gasteiger partial charge in [0.05, 0.1) is 11.8 Å². The van der Waals surface area contributed by atoms with Gasteiger partial charge in [-0.3, -0.25) is 9.59 Å². The van der Waals surface area contributed by atoms with Crippen LogP contribution in [0, 0.1) is 17.8 Å². The zero-order valence-corrected chi connectivity index (χ0v) is 13.5. The number of hydrogen-bond donors (Lipinski definition) is 2. The lowest BCUT2D eigenvalue weighted by Crippen LogP contribution is -2.33. The van der Waals surface area contributed by atoms with E-state index >= 15 is 0 Å². The van der Waals surface area contributed by atoms with Crippen LogP contribution in [0.1, 0.15) is 32.0 Å². The van der Waals surface area contributed by atoms with Gasteiger partial charge in [0.15, 0.2) is 5.03 Å². The third-order valence-corrected chi connectivity index (χ3v) is 5.48.